The Bertz CT molecular complexity index is 529. The summed E-state index contributed by atoms with van der Waals surface area (Å²) in [7, 11) is 0. The summed E-state index contributed by atoms with van der Waals surface area (Å²) in [6.45, 7) is 0. The Morgan fingerprint density at radius 2 is 1.05 bits per heavy atom. The van der Waals surface area contributed by atoms with E-state index in [1.54, 1.807) is 0 Å². The highest BCUT2D eigenvalue weighted by Gasteiger charge is 2.03. The lowest BCUT2D eigenvalue weighted by molar-refractivity contribution is 1.50. The highest BCUT2D eigenvalue weighted by atomic mass is 79.9. The third-order valence-electron chi connectivity index (χ3n) is 1.90. The number of rotatable bonds is 0. The molecule has 0 aliphatic carbocycles. The maximum Gasteiger partial charge on any atom is 0.0779 e. The summed E-state index contributed by atoms with van der Waals surface area (Å²) >= 11 is 36.0. The van der Waals surface area contributed by atoms with Crippen molar-refractivity contribution in [2.24, 2.45) is 0 Å². The molecule has 0 fully saturated rings. The van der Waals surface area contributed by atoms with Crippen molar-refractivity contribution in [2.45, 2.75) is 0 Å². The van der Waals surface area contributed by atoms with E-state index in [-0.39, 0.29) is 0 Å². The monoisotopic (exact) mass is 604 g/mol. The fourth-order valence-electron chi connectivity index (χ4n) is 1.05. The van der Waals surface area contributed by atoms with Gasteiger partial charge >= 0.3 is 0 Å². The van der Waals surface area contributed by atoms with Crippen LogP contribution in [0, 0.1) is 0 Å². The fraction of sp³-hybridized carbons (Fsp3) is 0. The molecule has 8 heteroatoms. The van der Waals surface area contributed by atoms with Gasteiger partial charge in [-0.2, -0.15) is 0 Å². The maximum absolute atomic E-state index is 5.63. The van der Waals surface area contributed by atoms with Crippen molar-refractivity contribution in [3.63, 3.8) is 0 Å². The van der Waals surface area contributed by atoms with Crippen molar-refractivity contribution in [1.29, 1.82) is 0 Å². The Morgan fingerprint density at radius 1 is 0.650 bits per heavy atom. The second-order valence-electron chi connectivity index (χ2n) is 3.37. The normalized spacial score (nSPS) is 10.0. The van der Waals surface area contributed by atoms with Crippen molar-refractivity contribution >= 4 is 110 Å². The van der Waals surface area contributed by atoms with Crippen LogP contribution in [0.2, 0.25) is 20.1 Å². The van der Waals surface area contributed by atoms with Gasteiger partial charge in [0, 0.05) is 22.9 Å². The molecule has 0 aliphatic heterocycles. The Morgan fingerprint density at radius 3 is 1.45 bits per heavy atom. The molecular formula is C12H4Br4Cl4. The van der Waals surface area contributed by atoms with E-state index >= 15 is 0 Å². The predicted molar refractivity (Wildman–Crippen MR) is 104 cm³/mol. The smallest absolute Gasteiger partial charge is 0.0779 e. The van der Waals surface area contributed by atoms with Crippen LogP contribution in [0.15, 0.2) is 42.2 Å². The van der Waals surface area contributed by atoms with Crippen LogP contribution >= 0.6 is 110 Å². The van der Waals surface area contributed by atoms with Crippen LogP contribution in [0.4, 0.5) is 0 Å². The lowest BCUT2D eigenvalue weighted by Gasteiger charge is -1.99. The van der Waals surface area contributed by atoms with Crippen LogP contribution < -0.4 is 0 Å². The number of benzene rings is 2. The molecule has 108 valence electrons. The van der Waals surface area contributed by atoms with Crippen molar-refractivity contribution in [1.82, 2.24) is 0 Å². The van der Waals surface area contributed by atoms with Crippen LogP contribution in [0.25, 0.3) is 0 Å². The van der Waals surface area contributed by atoms with E-state index in [0.717, 1.165) is 17.9 Å². The van der Waals surface area contributed by atoms with Gasteiger partial charge in [0.1, 0.15) is 0 Å². The molecule has 0 saturated heterocycles. The zero-order chi connectivity index (χ0) is 15.4. The van der Waals surface area contributed by atoms with Crippen LogP contribution in [-0.4, -0.2) is 0 Å². The Labute approximate surface area is 170 Å². The first-order valence-electron chi connectivity index (χ1n) is 4.82. The lowest BCUT2D eigenvalue weighted by atomic mass is 10.4. The van der Waals surface area contributed by atoms with Crippen LogP contribution in [-0.2, 0) is 0 Å². The fourth-order valence-corrected chi connectivity index (χ4v) is 4.46. The van der Waals surface area contributed by atoms with E-state index in [1.807, 2.05) is 12.1 Å². The number of hydrogen-bond donors (Lipinski definition) is 0. The van der Waals surface area contributed by atoms with Crippen LogP contribution in [0.5, 0.6) is 0 Å². The molecule has 0 saturated carbocycles. The first-order valence-corrected chi connectivity index (χ1v) is 9.51. The molecule has 0 unspecified atom stereocenters. The summed E-state index contributed by atoms with van der Waals surface area (Å²) < 4.78 is 4.16. The molecule has 0 atom stereocenters. The second-order valence-corrected chi connectivity index (χ2v) is 8.41. The minimum Gasteiger partial charge on any atom is -0.0842 e. The summed E-state index contributed by atoms with van der Waals surface area (Å²) in [5.74, 6) is 0. The minimum absolute atomic E-state index is 0.340. The maximum atomic E-state index is 5.63. The summed E-state index contributed by atoms with van der Waals surface area (Å²) in [4.78, 5) is 0. The van der Waals surface area contributed by atoms with E-state index in [4.69, 9.17) is 46.4 Å². The minimum atomic E-state index is 0.340. The molecule has 0 bridgehead atoms. The van der Waals surface area contributed by atoms with Crippen LogP contribution in [0.3, 0.4) is 0 Å². The SMILES string of the molecule is Brc1cc(Br)c(Br)c(Br)c1.Clc1cc(Cl)c(Cl)c(Cl)c1. The van der Waals surface area contributed by atoms with Gasteiger partial charge in [-0.1, -0.05) is 62.3 Å². The van der Waals surface area contributed by atoms with Gasteiger partial charge in [0.05, 0.1) is 15.1 Å². The van der Waals surface area contributed by atoms with Gasteiger partial charge in [0.25, 0.3) is 0 Å². The summed E-state index contributed by atoms with van der Waals surface area (Å²) in [5, 5.41) is 1.57. The van der Waals surface area contributed by atoms with Gasteiger partial charge in [-0.05, 0) is 72.1 Å². The number of hydrogen-bond acceptors (Lipinski definition) is 0. The molecular weight excluding hydrogens is 606 g/mol. The molecule has 0 amide bonds. The third kappa shape index (κ3) is 5.96. The molecule has 2 rings (SSSR count). The van der Waals surface area contributed by atoms with Gasteiger partial charge in [0.15, 0.2) is 0 Å². The van der Waals surface area contributed by atoms with E-state index in [0.29, 0.717) is 20.1 Å². The average Bonchev–Trinajstić information content (AvgIpc) is 2.33. The molecule has 0 aliphatic rings. The molecule has 20 heavy (non-hydrogen) atoms. The summed E-state index contributed by atoms with van der Waals surface area (Å²) in [6.07, 6.45) is 0. The van der Waals surface area contributed by atoms with E-state index in [9.17, 15) is 0 Å². The average molecular weight is 610 g/mol. The van der Waals surface area contributed by atoms with Crippen molar-refractivity contribution in [3.05, 3.63) is 62.2 Å². The topological polar surface area (TPSA) is 0 Å². The van der Waals surface area contributed by atoms with Gasteiger partial charge in [-0.15, -0.1) is 0 Å². The Balaban J connectivity index is 0.000000200. The largest absolute Gasteiger partial charge is 0.0842 e. The highest BCUT2D eigenvalue weighted by molar-refractivity contribution is 9.14. The molecule has 0 spiro atoms. The Hall–Kier alpha value is 1.52. The molecule has 2 aromatic rings. The number of halogens is 8. The molecule has 2 aromatic carbocycles. The summed E-state index contributed by atoms with van der Waals surface area (Å²) in [6, 6.07) is 7.04. The zero-order valence-electron chi connectivity index (χ0n) is 9.33. The van der Waals surface area contributed by atoms with Crippen LogP contribution in [0.1, 0.15) is 0 Å². The van der Waals surface area contributed by atoms with Gasteiger partial charge < -0.3 is 0 Å². The molecule has 0 nitrogen and oxygen atoms in total. The predicted octanol–water partition coefficient (Wildman–Crippen LogP) is 9.04. The highest BCUT2D eigenvalue weighted by Crippen LogP contribution is 2.34. The molecule has 0 N–H and O–H groups in total. The van der Waals surface area contributed by atoms with Gasteiger partial charge in [0.2, 0.25) is 0 Å². The standard InChI is InChI=1S/C6H2Br4.C6H2Cl4/c2*7-3-1-4(8)6(10)5(9)2-3/h2*1-2H. The first-order chi connectivity index (χ1) is 9.22. The molecule has 0 heterocycles. The van der Waals surface area contributed by atoms with E-state index in [2.05, 4.69) is 63.7 Å². The Kier molecular flexibility index (Phi) is 8.78. The van der Waals surface area contributed by atoms with Crippen molar-refractivity contribution in [2.75, 3.05) is 0 Å². The third-order valence-corrected chi connectivity index (χ3v) is 6.94. The molecule has 0 radical (unpaired) electrons. The first kappa shape index (κ1) is 19.6. The quantitative estimate of drug-likeness (QED) is 0.207. The van der Waals surface area contributed by atoms with Crippen molar-refractivity contribution < 1.29 is 0 Å². The van der Waals surface area contributed by atoms with E-state index in [1.165, 1.54) is 12.1 Å². The van der Waals surface area contributed by atoms with Gasteiger partial charge in [-0.25, -0.2) is 0 Å². The molecule has 0 aromatic heterocycles. The van der Waals surface area contributed by atoms with Crippen molar-refractivity contribution in [3.8, 4) is 0 Å². The summed E-state index contributed by atoms with van der Waals surface area (Å²) in [5.41, 5.74) is 0. The van der Waals surface area contributed by atoms with Gasteiger partial charge in [-0.3, -0.25) is 0 Å². The second kappa shape index (κ2) is 8.97. The zero-order valence-corrected chi connectivity index (χ0v) is 18.7. The lowest BCUT2D eigenvalue weighted by Crippen LogP contribution is -1.72. The van der Waals surface area contributed by atoms with E-state index < -0.39 is 0 Å².